The van der Waals surface area contributed by atoms with Gasteiger partial charge in [0.25, 0.3) is 11.8 Å². The number of nitrogens with one attached hydrogen (secondary N) is 2. The molecule has 0 spiro atoms. The lowest BCUT2D eigenvalue weighted by molar-refractivity contribution is 0.0950. The number of aromatic nitrogens is 1. The first-order valence-electron chi connectivity index (χ1n) is 10.5. The monoisotopic (exact) mass is 534 g/mol. The molecule has 0 fully saturated rings. The lowest BCUT2D eigenvalue weighted by Crippen LogP contribution is -2.23. The van der Waals surface area contributed by atoms with Crippen molar-refractivity contribution in [3.8, 4) is 16.6 Å². The highest BCUT2D eigenvalue weighted by atomic mass is 35.5. The SMILES string of the molecule is N#Cc1ccc(-c2ncc(CNC(=O)c3cc4c(cc3Cl)S(=O)(=O)c3ccccc3C(=O)N4)s2)cc1. The third kappa shape index (κ3) is 4.24. The minimum atomic E-state index is -4.04. The van der Waals surface area contributed by atoms with Gasteiger partial charge >= 0.3 is 0 Å². The predicted octanol–water partition coefficient (Wildman–Crippen LogP) is 4.66. The maximum Gasteiger partial charge on any atom is 0.257 e. The average molecular weight is 535 g/mol. The first kappa shape index (κ1) is 23.7. The van der Waals surface area contributed by atoms with Crippen LogP contribution in [0.2, 0.25) is 5.02 Å². The molecule has 2 amide bonds. The number of rotatable bonds is 4. The van der Waals surface area contributed by atoms with Crippen molar-refractivity contribution in [1.82, 2.24) is 10.3 Å². The largest absolute Gasteiger partial charge is 0.347 e. The summed E-state index contributed by atoms with van der Waals surface area (Å²) in [4.78, 5) is 30.4. The van der Waals surface area contributed by atoms with Gasteiger partial charge < -0.3 is 10.6 Å². The van der Waals surface area contributed by atoms with Crippen LogP contribution in [0.3, 0.4) is 0 Å². The fourth-order valence-corrected chi connectivity index (χ4v) is 6.51. The number of amides is 2. The van der Waals surface area contributed by atoms with Gasteiger partial charge in [0.1, 0.15) is 5.01 Å². The molecule has 1 aliphatic heterocycles. The Morgan fingerprint density at radius 3 is 2.61 bits per heavy atom. The number of halogens is 1. The number of carbonyl (C=O) groups excluding carboxylic acids is 2. The van der Waals surface area contributed by atoms with Crippen molar-refractivity contribution in [3.05, 3.63) is 93.5 Å². The van der Waals surface area contributed by atoms with Crippen LogP contribution in [-0.2, 0) is 16.4 Å². The van der Waals surface area contributed by atoms with Crippen LogP contribution in [0.4, 0.5) is 5.69 Å². The molecule has 3 aromatic carbocycles. The molecule has 2 N–H and O–H groups in total. The van der Waals surface area contributed by atoms with Crippen molar-refractivity contribution in [2.75, 3.05) is 5.32 Å². The minimum absolute atomic E-state index is 0.0130. The number of sulfone groups is 1. The smallest absolute Gasteiger partial charge is 0.257 e. The minimum Gasteiger partial charge on any atom is -0.347 e. The summed E-state index contributed by atoms with van der Waals surface area (Å²) in [5.41, 5.74) is 1.41. The molecule has 2 heterocycles. The quantitative estimate of drug-likeness (QED) is 0.391. The maximum atomic E-state index is 13.2. The number of nitriles is 1. The van der Waals surface area contributed by atoms with Gasteiger partial charge in [-0.2, -0.15) is 5.26 Å². The van der Waals surface area contributed by atoms with Gasteiger partial charge in [0.05, 0.1) is 49.8 Å². The van der Waals surface area contributed by atoms with Crippen molar-refractivity contribution in [2.45, 2.75) is 16.3 Å². The van der Waals surface area contributed by atoms with Gasteiger partial charge in [0.2, 0.25) is 9.84 Å². The summed E-state index contributed by atoms with van der Waals surface area (Å²) >= 11 is 7.70. The van der Waals surface area contributed by atoms with E-state index in [1.54, 1.807) is 36.5 Å². The molecule has 4 aromatic rings. The Hall–Kier alpha value is -4.04. The van der Waals surface area contributed by atoms with Crippen LogP contribution in [0, 0.1) is 11.3 Å². The summed E-state index contributed by atoms with van der Waals surface area (Å²) in [6.07, 6.45) is 1.64. The normalized spacial score (nSPS) is 13.5. The molecule has 178 valence electrons. The van der Waals surface area contributed by atoms with E-state index in [9.17, 15) is 18.0 Å². The van der Waals surface area contributed by atoms with Crippen molar-refractivity contribution >= 4 is 50.3 Å². The average Bonchev–Trinajstić information content (AvgIpc) is 3.34. The molecule has 0 saturated heterocycles. The van der Waals surface area contributed by atoms with Crippen molar-refractivity contribution in [2.24, 2.45) is 0 Å². The number of nitrogens with zero attached hydrogens (tertiary/aromatic N) is 2. The topological polar surface area (TPSA) is 129 Å². The molecule has 0 aliphatic carbocycles. The van der Waals surface area contributed by atoms with E-state index in [4.69, 9.17) is 16.9 Å². The second kappa shape index (κ2) is 9.20. The van der Waals surface area contributed by atoms with E-state index in [2.05, 4.69) is 21.7 Å². The molecule has 1 aromatic heterocycles. The van der Waals surface area contributed by atoms with Crippen LogP contribution in [0.1, 0.15) is 31.2 Å². The van der Waals surface area contributed by atoms with Crippen molar-refractivity contribution in [3.63, 3.8) is 0 Å². The van der Waals surface area contributed by atoms with E-state index in [1.165, 1.54) is 41.7 Å². The number of thiazole rings is 1. The number of fused-ring (bicyclic) bond motifs is 2. The lowest BCUT2D eigenvalue weighted by Gasteiger charge is -2.12. The highest BCUT2D eigenvalue weighted by Gasteiger charge is 2.32. The van der Waals surface area contributed by atoms with Gasteiger partial charge in [-0.3, -0.25) is 9.59 Å². The van der Waals surface area contributed by atoms with Crippen LogP contribution in [-0.4, -0.2) is 25.2 Å². The molecule has 5 rings (SSSR count). The van der Waals surface area contributed by atoms with E-state index < -0.39 is 21.7 Å². The van der Waals surface area contributed by atoms with Gasteiger partial charge in [-0.05, 0) is 36.4 Å². The van der Waals surface area contributed by atoms with Crippen molar-refractivity contribution in [1.29, 1.82) is 5.26 Å². The highest BCUT2D eigenvalue weighted by molar-refractivity contribution is 7.91. The van der Waals surface area contributed by atoms with Crippen molar-refractivity contribution < 1.29 is 18.0 Å². The molecule has 36 heavy (non-hydrogen) atoms. The second-order valence-corrected chi connectivity index (χ2v) is 11.2. The Balaban J connectivity index is 1.38. The molecule has 0 bridgehead atoms. The first-order valence-corrected chi connectivity index (χ1v) is 13.2. The molecule has 0 unspecified atom stereocenters. The number of benzene rings is 3. The number of carbonyl (C=O) groups is 2. The van der Waals surface area contributed by atoms with Gasteiger partial charge in [-0.15, -0.1) is 11.3 Å². The third-order valence-corrected chi connectivity index (χ3v) is 8.72. The van der Waals surface area contributed by atoms with Crippen LogP contribution >= 0.6 is 22.9 Å². The Morgan fingerprint density at radius 1 is 1.11 bits per heavy atom. The van der Waals surface area contributed by atoms with Gasteiger partial charge in [0, 0.05) is 16.6 Å². The zero-order valence-electron chi connectivity index (χ0n) is 18.3. The Kier molecular flexibility index (Phi) is 6.05. The van der Waals surface area contributed by atoms with Gasteiger partial charge in [-0.1, -0.05) is 35.9 Å². The van der Waals surface area contributed by atoms with E-state index in [0.29, 0.717) is 5.56 Å². The van der Waals surface area contributed by atoms with Crippen LogP contribution in [0.15, 0.2) is 76.7 Å². The predicted molar refractivity (Wildman–Crippen MR) is 135 cm³/mol. The van der Waals surface area contributed by atoms with E-state index >= 15 is 0 Å². The fourth-order valence-electron chi connectivity index (χ4n) is 3.72. The highest BCUT2D eigenvalue weighted by Crippen LogP contribution is 2.37. The first-order chi connectivity index (χ1) is 17.3. The zero-order valence-corrected chi connectivity index (χ0v) is 20.7. The Bertz CT molecular complexity index is 1690. The second-order valence-electron chi connectivity index (χ2n) is 7.79. The zero-order chi connectivity index (χ0) is 25.4. The summed E-state index contributed by atoms with van der Waals surface area (Å²) in [5.74, 6) is -1.13. The third-order valence-electron chi connectivity index (χ3n) is 5.51. The molecule has 1 aliphatic rings. The lowest BCUT2D eigenvalue weighted by atomic mass is 10.1. The molecular formula is C25H15ClN4O4S2. The van der Waals surface area contributed by atoms with E-state index in [-0.39, 0.29) is 38.2 Å². The van der Waals surface area contributed by atoms with Gasteiger partial charge in [-0.25, -0.2) is 13.4 Å². The number of hydrogen-bond acceptors (Lipinski definition) is 7. The summed E-state index contributed by atoms with van der Waals surface area (Å²) in [6, 6.07) is 17.4. The maximum absolute atomic E-state index is 13.2. The molecule has 11 heteroatoms. The number of anilines is 1. The number of hydrogen-bond donors (Lipinski definition) is 2. The molecular weight excluding hydrogens is 520 g/mol. The standard InChI is InChI=1S/C25H15ClN4O4S2/c26-19-10-22-20(30-24(32)17-3-1-2-4-21(17)36(22,33)34)9-18(19)23(31)28-12-16-13-29-25(35-16)15-7-5-14(11-27)6-8-15/h1-10,13H,12H2,(H,28,31)(H,30,32). The van der Waals surface area contributed by atoms with E-state index in [0.717, 1.165) is 15.4 Å². The summed E-state index contributed by atoms with van der Waals surface area (Å²) in [7, 11) is -4.04. The molecule has 8 nitrogen and oxygen atoms in total. The summed E-state index contributed by atoms with van der Waals surface area (Å²) < 4.78 is 26.4. The van der Waals surface area contributed by atoms with Crippen LogP contribution in [0.25, 0.3) is 10.6 Å². The van der Waals surface area contributed by atoms with Crippen LogP contribution < -0.4 is 10.6 Å². The fraction of sp³-hybridized carbons (Fsp3) is 0.0400. The van der Waals surface area contributed by atoms with Crippen LogP contribution in [0.5, 0.6) is 0 Å². The summed E-state index contributed by atoms with van der Waals surface area (Å²) in [5, 5.41) is 14.9. The Morgan fingerprint density at radius 2 is 1.86 bits per heavy atom. The molecule has 0 radical (unpaired) electrons. The Labute approximate surface area is 215 Å². The van der Waals surface area contributed by atoms with Gasteiger partial charge in [0.15, 0.2) is 0 Å². The summed E-state index contributed by atoms with van der Waals surface area (Å²) in [6.45, 7) is 0.163. The molecule has 0 saturated carbocycles. The molecule has 0 atom stereocenters. The van der Waals surface area contributed by atoms with E-state index in [1.807, 2.05) is 0 Å².